The molecule has 4 heteroatoms. The Bertz CT molecular complexity index is 377. The van der Waals surface area contributed by atoms with Crippen LogP contribution in [0.25, 0.3) is 0 Å². The van der Waals surface area contributed by atoms with Crippen molar-refractivity contribution >= 4 is 0 Å². The lowest BCUT2D eigenvalue weighted by Gasteiger charge is -2.28. The van der Waals surface area contributed by atoms with Crippen LogP contribution < -0.4 is 0 Å². The number of hydrogen-bond donors (Lipinski definition) is 1. The van der Waals surface area contributed by atoms with Gasteiger partial charge in [-0.05, 0) is 31.5 Å². The Hall–Kier alpha value is -1.00. The van der Waals surface area contributed by atoms with Gasteiger partial charge in [0.2, 0.25) is 0 Å². The van der Waals surface area contributed by atoms with Gasteiger partial charge in [0.1, 0.15) is 5.82 Å². The van der Waals surface area contributed by atoms with Gasteiger partial charge in [-0.1, -0.05) is 12.8 Å². The molecule has 0 spiro atoms. The maximum Gasteiger partial charge on any atom is 0.141 e. The lowest BCUT2D eigenvalue weighted by molar-refractivity contribution is 0.0145. The molecule has 1 aliphatic rings. The summed E-state index contributed by atoms with van der Waals surface area (Å²) in [5.41, 5.74) is 0.296. The summed E-state index contributed by atoms with van der Waals surface area (Å²) >= 11 is 0. The standard InChI is InChI=1S/C13H19FN2O/c1-16(10-13(17)4-2-3-5-13)9-11-6-12(14)8-15-7-11/h6-8,17H,2-5,9-10H2,1H3. The first-order valence-corrected chi connectivity index (χ1v) is 6.08. The molecule has 1 aromatic rings. The monoisotopic (exact) mass is 238 g/mol. The molecule has 0 aliphatic heterocycles. The summed E-state index contributed by atoms with van der Waals surface area (Å²) < 4.78 is 13.0. The molecule has 0 radical (unpaired) electrons. The van der Waals surface area contributed by atoms with E-state index >= 15 is 0 Å². The van der Waals surface area contributed by atoms with E-state index in [4.69, 9.17) is 0 Å². The zero-order valence-electron chi connectivity index (χ0n) is 10.2. The van der Waals surface area contributed by atoms with E-state index in [2.05, 4.69) is 4.98 Å². The van der Waals surface area contributed by atoms with Gasteiger partial charge >= 0.3 is 0 Å². The topological polar surface area (TPSA) is 36.4 Å². The minimum absolute atomic E-state index is 0.310. The van der Waals surface area contributed by atoms with Gasteiger partial charge < -0.3 is 5.11 Å². The zero-order valence-corrected chi connectivity index (χ0v) is 10.2. The van der Waals surface area contributed by atoms with Gasteiger partial charge in [0.25, 0.3) is 0 Å². The van der Waals surface area contributed by atoms with E-state index in [0.717, 1.165) is 31.2 Å². The van der Waals surface area contributed by atoms with Gasteiger partial charge in [-0.15, -0.1) is 0 Å². The smallest absolute Gasteiger partial charge is 0.141 e. The molecule has 0 unspecified atom stereocenters. The molecular weight excluding hydrogens is 219 g/mol. The maximum atomic E-state index is 13.0. The molecule has 1 N–H and O–H groups in total. The largest absolute Gasteiger partial charge is 0.389 e. The van der Waals surface area contributed by atoms with Gasteiger partial charge in [0.05, 0.1) is 11.8 Å². The molecule has 1 saturated carbocycles. The predicted octanol–water partition coefficient (Wildman–Crippen LogP) is 1.96. The Morgan fingerprint density at radius 3 is 2.76 bits per heavy atom. The van der Waals surface area contributed by atoms with Crippen LogP contribution in [0, 0.1) is 5.82 Å². The first kappa shape index (κ1) is 12.5. The fourth-order valence-corrected chi connectivity index (χ4v) is 2.60. The van der Waals surface area contributed by atoms with Gasteiger partial charge in [-0.3, -0.25) is 9.88 Å². The number of halogens is 1. The fourth-order valence-electron chi connectivity index (χ4n) is 2.60. The molecule has 1 aromatic heterocycles. The molecule has 94 valence electrons. The third-order valence-electron chi connectivity index (χ3n) is 3.31. The predicted molar refractivity (Wildman–Crippen MR) is 63.9 cm³/mol. The van der Waals surface area contributed by atoms with Crippen LogP contribution in [-0.4, -0.2) is 34.2 Å². The summed E-state index contributed by atoms with van der Waals surface area (Å²) in [5.74, 6) is -0.310. The van der Waals surface area contributed by atoms with E-state index in [-0.39, 0.29) is 5.82 Å². The molecule has 2 rings (SSSR count). The second-order valence-corrected chi connectivity index (χ2v) is 5.12. The number of hydrogen-bond acceptors (Lipinski definition) is 3. The highest BCUT2D eigenvalue weighted by Gasteiger charge is 2.32. The summed E-state index contributed by atoms with van der Waals surface area (Å²) in [5, 5.41) is 10.3. The molecular formula is C13H19FN2O. The van der Waals surface area contributed by atoms with Crippen LogP contribution in [0.5, 0.6) is 0 Å². The van der Waals surface area contributed by atoms with Crippen LogP contribution in [-0.2, 0) is 6.54 Å². The third kappa shape index (κ3) is 3.48. The first-order valence-electron chi connectivity index (χ1n) is 6.08. The van der Waals surface area contributed by atoms with E-state index in [1.165, 1.54) is 12.3 Å². The van der Waals surface area contributed by atoms with E-state index < -0.39 is 5.60 Å². The lowest BCUT2D eigenvalue weighted by Crippen LogP contribution is -2.38. The highest BCUT2D eigenvalue weighted by Crippen LogP contribution is 2.30. The summed E-state index contributed by atoms with van der Waals surface area (Å²) in [7, 11) is 1.95. The van der Waals surface area contributed by atoms with Crippen LogP contribution in [0.2, 0.25) is 0 Å². The zero-order chi connectivity index (χ0) is 12.3. The molecule has 3 nitrogen and oxygen atoms in total. The van der Waals surface area contributed by atoms with Crippen molar-refractivity contribution in [3.63, 3.8) is 0 Å². The molecule has 17 heavy (non-hydrogen) atoms. The van der Waals surface area contributed by atoms with E-state index in [1.807, 2.05) is 11.9 Å². The van der Waals surface area contributed by atoms with Crippen molar-refractivity contribution in [3.05, 3.63) is 29.8 Å². The Balaban J connectivity index is 1.90. The van der Waals surface area contributed by atoms with Crippen molar-refractivity contribution in [1.29, 1.82) is 0 Å². The van der Waals surface area contributed by atoms with Crippen LogP contribution in [0.4, 0.5) is 4.39 Å². The Labute approximate surface area is 101 Å². The number of nitrogens with zero attached hydrogens (tertiary/aromatic N) is 2. The summed E-state index contributed by atoms with van der Waals surface area (Å²) in [4.78, 5) is 5.85. The molecule has 0 amide bonds. The number of likely N-dealkylation sites (N-methyl/N-ethyl adjacent to an activating group) is 1. The van der Waals surface area contributed by atoms with Gasteiger partial charge in [-0.25, -0.2) is 4.39 Å². The summed E-state index contributed by atoms with van der Waals surface area (Å²) in [6, 6.07) is 1.49. The SMILES string of the molecule is CN(Cc1cncc(F)c1)CC1(O)CCCC1. The highest BCUT2D eigenvalue weighted by molar-refractivity contribution is 5.10. The molecule has 1 fully saturated rings. The van der Waals surface area contributed by atoms with Crippen LogP contribution >= 0.6 is 0 Å². The number of pyridine rings is 1. The van der Waals surface area contributed by atoms with Crippen LogP contribution in [0.1, 0.15) is 31.2 Å². The third-order valence-corrected chi connectivity index (χ3v) is 3.31. The Morgan fingerprint density at radius 1 is 1.41 bits per heavy atom. The molecule has 1 aliphatic carbocycles. The highest BCUT2D eigenvalue weighted by atomic mass is 19.1. The van der Waals surface area contributed by atoms with Crippen molar-refractivity contribution in [2.45, 2.75) is 37.8 Å². The van der Waals surface area contributed by atoms with Gasteiger partial charge in [-0.2, -0.15) is 0 Å². The number of aliphatic hydroxyl groups is 1. The van der Waals surface area contributed by atoms with Crippen molar-refractivity contribution in [2.24, 2.45) is 0 Å². The molecule has 0 aromatic carbocycles. The van der Waals surface area contributed by atoms with Crippen LogP contribution in [0.3, 0.4) is 0 Å². The normalized spacial score (nSPS) is 18.8. The minimum Gasteiger partial charge on any atom is -0.389 e. The van der Waals surface area contributed by atoms with E-state index in [1.54, 1.807) is 6.20 Å². The van der Waals surface area contributed by atoms with Gasteiger partial charge in [0.15, 0.2) is 0 Å². The van der Waals surface area contributed by atoms with E-state index in [9.17, 15) is 9.50 Å². The van der Waals surface area contributed by atoms with Gasteiger partial charge in [0, 0.05) is 19.3 Å². The Kier molecular flexibility index (Phi) is 3.74. The second-order valence-electron chi connectivity index (χ2n) is 5.12. The van der Waals surface area contributed by atoms with Crippen molar-refractivity contribution in [2.75, 3.05) is 13.6 Å². The maximum absolute atomic E-state index is 13.0. The van der Waals surface area contributed by atoms with E-state index in [0.29, 0.717) is 13.1 Å². The quantitative estimate of drug-likeness (QED) is 0.871. The molecule has 0 bridgehead atoms. The number of rotatable bonds is 4. The molecule has 0 saturated heterocycles. The first-order chi connectivity index (χ1) is 8.07. The molecule has 0 atom stereocenters. The lowest BCUT2D eigenvalue weighted by atomic mass is 10.0. The van der Waals surface area contributed by atoms with Crippen molar-refractivity contribution in [1.82, 2.24) is 9.88 Å². The average Bonchev–Trinajstić information content (AvgIpc) is 2.64. The summed E-state index contributed by atoms with van der Waals surface area (Å²) in [6.07, 6.45) is 6.82. The average molecular weight is 238 g/mol. The summed E-state index contributed by atoms with van der Waals surface area (Å²) in [6.45, 7) is 1.26. The van der Waals surface area contributed by atoms with Crippen LogP contribution in [0.15, 0.2) is 18.5 Å². The second kappa shape index (κ2) is 5.10. The number of aromatic nitrogens is 1. The Morgan fingerprint density at radius 2 is 2.12 bits per heavy atom. The van der Waals surface area contributed by atoms with Crippen molar-refractivity contribution in [3.8, 4) is 0 Å². The van der Waals surface area contributed by atoms with Crippen molar-refractivity contribution < 1.29 is 9.50 Å². The molecule has 1 heterocycles. The minimum atomic E-state index is -0.546. The fraction of sp³-hybridized carbons (Fsp3) is 0.615.